The molecule has 166 valence electrons. The quantitative estimate of drug-likeness (QED) is 0.316. The Labute approximate surface area is 176 Å². The smallest absolute Gasteiger partial charge is 0.212 e. The number of rotatable bonds is 6. The van der Waals surface area contributed by atoms with Gasteiger partial charge in [0.25, 0.3) is 0 Å². The maximum absolute atomic E-state index is 14.6. The maximum atomic E-state index is 14.6. The van der Waals surface area contributed by atoms with Crippen LogP contribution in [0.2, 0.25) is 0 Å². The fourth-order valence-corrected chi connectivity index (χ4v) is 5.37. The van der Waals surface area contributed by atoms with Crippen LogP contribution >= 0.6 is 0 Å². The van der Waals surface area contributed by atoms with Gasteiger partial charge in [-0.1, -0.05) is 18.2 Å². The van der Waals surface area contributed by atoms with Gasteiger partial charge in [-0.2, -0.15) is 13.2 Å². The average molecular weight is 427 g/mol. The van der Waals surface area contributed by atoms with Crippen molar-refractivity contribution >= 4 is 0 Å². The van der Waals surface area contributed by atoms with Crippen LogP contribution in [0.25, 0.3) is 0 Å². The van der Waals surface area contributed by atoms with E-state index in [1.54, 1.807) is 6.07 Å². The van der Waals surface area contributed by atoms with Crippen molar-refractivity contribution in [3.05, 3.63) is 59.7 Å². The molecule has 5 heteroatoms. The second-order valence-electron chi connectivity index (χ2n) is 8.98. The SMILES string of the molecule is C=CCCc1ccc(C2CCC(C3CCC(C(F)=CC(F)(F)F)CC3)CC2)c(F)c1. The zero-order valence-corrected chi connectivity index (χ0v) is 17.4. The van der Waals surface area contributed by atoms with E-state index in [1.807, 2.05) is 18.2 Å². The summed E-state index contributed by atoms with van der Waals surface area (Å²) in [5, 5.41) is 0. The van der Waals surface area contributed by atoms with Crippen LogP contribution in [0.3, 0.4) is 0 Å². The summed E-state index contributed by atoms with van der Waals surface area (Å²) < 4.78 is 65.5. The Bertz CT molecular complexity index is 732. The summed E-state index contributed by atoms with van der Waals surface area (Å²) in [6.45, 7) is 3.70. The molecule has 2 fully saturated rings. The zero-order valence-electron chi connectivity index (χ0n) is 17.4. The van der Waals surface area contributed by atoms with Crippen LogP contribution in [0.4, 0.5) is 22.0 Å². The van der Waals surface area contributed by atoms with E-state index in [1.165, 1.54) is 0 Å². The van der Waals surface area contributed by atoms with Gasteiger partial charge in [0, 0.05) is 5.92 Å². The molecule has 0 nitrogen and oxygen atoms in total. The summed E-state index contributed by atoms with van der Waals surface area (Å²) in [5.41, 5.74) is 1.80. The molecule has 0 heterocycles. The first-order valence-corrected chi connectivity index (χ1v) is 11.1. The molecule has 0 radical (unpaired) electrons. The molecule has 0 aliphatic heterocycles. The van der Waals surface area contributed by atoms with E-state index in [9.17, 15) is 22.0 Å². The van der Waals surface area contributed by atoms with Crippen LogP contribution in [-0.4, -0.2) is 6.18 Å². The number of halogens is 5. The molecule has 0 aromatic heterocycles. The van der Waals surface area contributed by atoms with Gasteiger partial charge in [-0.15, -0.1) is 6.58 Å². The van der Waals surface area contributed by atoms with Crippen molar-refractivity contribution in [1.82, 2.24) is 0 Å². The van der Waals surface area contributed by atoms with Gasteiger partial charge in [0.1, 0.15) is 11.6 Å². The first-order chi connectivity index (χ1) is 14.3. The van der Waals surface area contributed by atoms with E-state index >= 15 is 0 Å². The Morgan fingerprint density at radius 1 is 0.967 bits per heavy atom. The minimum atomic E-state index is -4.58. The lowest BCUT2D eigenvalue weighted by Crippen LogP contribution is -2.26. The Morgan fingerprint density at radius 2 is 1.57 bits per heavy atom. The minimum Gasteiger partial charge on any atom is -0.212 e. The van der Waals surface area contributed by atoms with Crippen molar-refractivity contribution in [2.75, 3.05) is 0 Å². The summed E-state index contributed by atoms with van der Waals surface area (Å²) in [6.07, 6.45) is 5.16. The van der Waals surface area contributed by atoms with Gasteiger partial charge >= 0.3 is 6.18 Å². The van der Waals surface area contributed by atoms with E-state index in [-0.39, 0.29) is 17.8 Å². The molecule has 1 aromatic carbocycles. The number of hydrogen-bond acceptors (Lipinski definition) is 0. The average Bonchev–Trinajstić information content (AvgIpc) is 2.71. The Morgan fingerprint density at radius 3 is 2.10 bits per heavy atom. The summed E-state index contributed by atoms with van der Waals surface area (Å²) in [6, 6.07) is 5.59. The molecule has 0 unspecified atom stereocenters. The highest BCUT2D eigenvalue weighted by Crippen LogP contribution is 2.45. The van der Waals surface area contributed by atoms with E-state index in [2.05, 4.69) is 6.58 Å². The lowest BCUT2D eigenvalue weighted by Gasteiger charge is -2.37. The van der Waals surface area contributed by atoms with Gasteiger partial charge in [0.2, 0.25) is 0 Å². The van der Waals surface area contributed by atoms with Crippen LogP contribution in [0.5, 0.6) is 0 Å². The molecule has 3 rings (SSSR count). The molecule has 30 heavy (non-hydrogen) atoms. The zero-order chi connectivity index (χ0) is 21.7. The second-order valence-corrected chi connectivity index (χ2v) is 8.98. The molecule has 2 aliphatic rings. The fraction of sp³-hybridized carbons (Fsp3) is 0.600. The van der Waals surface area contributed by atoms with Crippen molar-refractivity contribution < 1.29 is 22.0 Å². The van der Waals surface area contributed by atoms with E-state index in [4.69, 9.17) is 0 Å². The Kier molecular flexibility index (Phi) is 7.75. The van der Waals surface area contributed by atoms with Crippen LogP contribution in [-0.2, 0) is 6.42 Å². The number of alkyl halides is 3. The number of benzene rings is 1. The topological polar surface area (TPSA) is 0 Å². The third-order valence-corrected chi connectivity index (χ3v) is 7.04. The van der Waals surface area contributed by atoms with E-state index in [0.29, 0.717) is 24.7 Å². The molecule has 0 N–H and O–H groups in total. The molecule has 2 saturated carbocycles. The van der Waals surface area contributed by atoms with Gasteiger partial charge in [0.15, 0.2) is 0 Å². The predicted molar refractivity (Wildman–Crippen MR) is 110 cm³/mol. The minimum absolute atomic E-state index is 0.118. The molecule has 0 atom stereocenters. The normalized spacial score (nSPS) is 28.4. The van der Waals surface area contributed by atoms with Gasteiger partial charge in [-0.3, -0.25) is 0 Å². The molecule has 0 bridgehead atoms. The molecule has 0 spiro atoms. The lowest BCUT2D eigenvalue weighted by molar-refractivity contribution is -0.0821. The lowest BCUT2D eigenvalue weighted by atomic mass is 9.68. The molecule has 0 saturated heterocycles. The number of aryl methyl sites for hydroxylation is 1. The summed E-state index contributed by atoms with van der Waals surface area (Å²) >= 11 is 0. The third kappa shape index (κ3) is 6.18. The standard InChI is InChI=1S/C25H31F5/c1-2-3-4-17-5-14-22(23(26)15-17)20-10-6-18(7-11-20)19-8-12-21(13-9-19)24(27)16-25(28,29)30/h2,5,14-16,18-21H,1,3-4,6-13H2. The fourth-order valence-electron chi connectivity index (χ4n) is 5.37. The van der Waals surface area contributed by atoms with E-state index < -0.39 is 17.9 Å². The highest BCUT2D eigenvalue weighted by atomic mass is 19.4. The van der Waals surface area contributed by atoms with E-state index in [0.717, 1.165) is 62.5 Å². The third-order valence-electron chi connectivity index (χ3n) is 7.04. The maximum Gasteiger partial charge on any atom is 0.412 e. The first kappa shape index (κ1) is 23.0. The summed E-state index contributed by atoms with van der Waals surface area (Å²) in [5.74, 6) is -0.519. The largest absolute Gasteiger partial charge is 0.412 e. The van der Waals surface area contributed by atoms with Crippen LogP contribution in [0.15, 0.2) is 42.8 Å². The number of hydrogen-bond donors (Lipinski definition) is 0. The monoisotopic (exact) mass is 426 g/mol. The second kappa shape index (κ2) is 10.1. The highest BCUT2D eigenvalue weighted by Gasteiger charge is 2.34. The number of allylic oxidation sites excluding steroid dienone is 3. The first-order valence-electron chi connectivity index (χ1n) is 11.1. The van der Waals surface area contributed by atoms with Crippen molar-refractivity contribution in [1.29, 1.82) is 0 Å². The van der Waals surface area contributed by atoms with Crippen molar-refractivity contribution in [3.63, 3.8) is 0 Å². The van der Waals surface area contributed by atoms with Crippen LogP contribution in [0, 0.1) is 23.6 Å². The Hall–Kier alpha value is -1.65. The van der Waals surface area contributed by atoms with Gasteiger partial charge < -0.3 is 0 Å². The van der Waals surface area contributed by atoms with Gasteiger partial charge in [0.05, 0.1) is 6.08 Å². The molecule has 1 aromatic rings. The van der Waals surface area contributed by atoms with Crippen LogP contribution in [0.1, 0.15) is 74.8 Å². The van der Waals surface area contributed by atoms with Crippen LogP contribution < -0.4 is 0 Å². The summed E-state index contributed by atoms with van der Waals surface area (Å²) in [4.78, 5) is 0. The Balaban J connectivity index is 1.49. The highest BCUT2D eigenvalue weighted by molar-refractivity contribution is 5.28. The van der Waals surface area contributed by atoms with Crippen molar-refractivity contribution in [2.24, 2.45) is 17.8 Å². The molecule has 0 amide bonds. The van der Waals surface area contributed by atoms with Gasteiger partial charge in [-0.05, 0) is 99.2 Å². The molecular weight excluding hydrogens is 395 g/mol. The summed E-state index contributed by atoms with van der Waals surface area (Å²) in [7, 11) is 0. The van der Waals surface area contributed by atoms with Crippen molar-refractivity contribution in [2.45, 2.75) is 76.3 Å². The molecular formula is C25H31F5. The predicted octanol–water partition coefficient (Wildman–Crippen LogP) is 8.44. The molecule has 2 aliphatic carbocycles. The van der Waals surface area contributed by atoms with Crippen molar-refractivity contribution in [3.8, 4) is 0 Å². The van der Waals surface area contributed by atoms with Gasteiger partial charge in [-0.25, -0.2) is 8.78 Å².